The maximum Gasteiger partial charge on any atom is 0.128 e. The van der Waals surface area contributed by atoms with Crippen molar-refractivity contribution >= 4 is 17.5 Å². The highest BCUT2D eigenvalue weighted by Crippen LogP contribution is 2.27. The number of benzene rings is 2. The van der Waals surface area contributed by atoms with Gasteiger partial charge in [0, 0.05) is 54.9 Å². The lowest BCUT2D eigenvalue weighted by atomic mass is 10.1. The Morgan fingerprint density at radius 2 is 2.08 bits per heavy atom. The summed E-state index contributed by atoms with van der Waals surface area (Å²) in [5.74, 6) is 0.429. The van der Waals surface area contributed by atoms with Crippen molar-refractivity contribution in [2.45, 2.75) is 6.54 Å². The van der Waals surface area contributed by atoms with Crippen molar-refractivity contribution in [3.63, 3.8) is 0 Å². The molecular formula is C19H23FN4O. The number of halogens is 1. The third-order valence-electron chi connectivity index (χ3n) is 3.70. The molecule has 2 rings (SSSR count). The van der Waals surface area contributed by atoms with Crippen LogP contribution in [0.4, 0.5) is 10.1 Å². The van der Waals surface area contributed by atoms with Crippen LogP contribution in [0.15, 0.2) is 48.7 Å². The molecule has 0 fully saturated rings. The van der Waals surface area contributed by atoms with Gasteiger partial charge in [-0.1, -0.05) is 12.1 Å². The predicted molar refractivity (Wildman–Crippen MR) is 101 cm³/mol. The van der Waals surface area contributed by atoms with Gasteiger partial charge in [-0.2, -0.15) is 0 Å². The van der Waals surface area contributed by atoms with Crippen molar-refractivity contribution in [3.8, 4) is 5.75 Å². The molecule has 132 valence electrons. The molecule has 0 aliphatic heterocycles. The maximum atomic E-state index is 13.1. The Morgan fingerprint density at radius 3 is 2.76 bits per heavy atom. The Labute approximate surface area is 147 Å². The fourth-order valence-corrected chi connectivity index (χ4v) is 2.43. The minimum absolute atomic E-state index is 0.222. The molecule has 25 heavy (non-hydrogen) atoms. The van der Waals surface area contributed by atoms with E-state index in [1.165, 1.54) is 24.5 Å². The van der Waals surface area contributed by atoms with Crippen molar-refractivity contribution in [2.75, 3.05) is 25.5 Å². The summed E-state index contributed by atoms with van der Waals surface area (Å²) >= 11 is 0. The summed E-state index contributed by atoms with van der Waals surface area (Å²) in [5, 5.41) is 13.9. The molecule has 0 heterocycles. The average molecular weight is 342 g/mol. The molecule has 0 saturated heterocycles. The van der Waals surface area contributed by atoms with Gasteiger partial charge in [0.1, 0.15) is 11.6 Å². The minimum atomic E-state index is -0.222. The van der Waals surface area contributed by atoms with E-state index in [4.69, 9.17) is 15.9 Å². The van der Waals surface area contributed by atoms with E-state index in [1.54, 1.807) is 13.2 Å². The number of hydrogen-bond donors (Lipinski definition) is 4. The van der Waals surface area contributed by atoms with Crippen LogP contribution in [0.5, 0.6) is 5.75 Å². The zero-order valence-corrected chi connectivity index (χ0v) is 14.2. The summed E-state index contributed by atoms with van der Waals surface area (Å²) in [6.45, 7) is 2.06. The molecular weight excluding hydrogens is 319 g/mol. The second-order valence-corrected chi connectivity index (χ2v) is 5.41. The van der Waals surface area contributed by atoms with Crippen LogP contribution in [0.1, 0.15) is 11.1 Å². The Morgan fingerprint density at radius 1 is 1.24 bits per heavy atom. The van der Waals surface area contributed by atoms with Crippen molar-refractivity contribution in [1.82, 2.24) is 5.32 Å². The van der Waals surface area contributed by atoms with E-state index in [-0.39, 0.29) is 5.82 Å². The number of nitrogens with one attached hydrogen (secondary N) is 3. The first kappa shape index (κ1) is 18.5. The lowest BCUT2D eigenvalue weighted by molar-refractivity contribution is 0.414. The molecule has 0 aliphatic rings. The summed E-state index contributed by atoms with van der Waals surface area (Å²) in [7, 11) is 1.58. The van der Waals surface area contributed by atoms with Crippen LogP contribution in [0.3, 0.4) is 0 Å². The molecule has 0 saturated carbocycles. The van der Waals surface area contributed by atoms with E-state index in [0.717, 1.165) is 23.4 Å². The number of nitrogens with two attached hydrogens (primary N) is 1. The normalized spacial score (nSPS) is 11.2. The summed E-state index contributed by atoms with van der Waals surface area (Å²) in [4.78, 5) is 0. The predicted octanol–water partition coefficient (Wildman–Crippen LogP) is 2.99. The van der Waals surface area contributed by atoms with Gasteiger partial charge in [0.2, 0.25) is 0 Å². The van der Waals surface area contributed by atoms with Gasteiger partial charge >= 0.3 is 0 Å². The van der Waals surface area contributed by atoms with E-state index in [0.29, 0.717) is 24.4 Å². The second-order valence-electron chi connectivity index (χ2n) is 5.41. The zero-order chi connectivity index (χ0) is 18.1. The topological polar surface area (TPSA) is 83.2 Å². The molecule has 5 nitrogen and oxygen atoms in total. The Hall–Kier alpha value is -2.86. The molecule has 0 atom stereocenters. The minimum Gasteiger partial charge on any atom is -0.496 e. The van der Waals surface area contributed by atoms with Gasteiger partial charge in [-0.05, 0) is 29.8 Å². The first-order chi connectivity index (χ1) is 12.2. The standard InChI is InChI=1S/C19H23FN4O/c1-25-19-10-17(5-6-18(19)15(11-21)12-22)24-8-7-23-13-14-3-2-4-16(20)9-14/h2-6,9-12,21,23-24H,7-8,13,22H2,1H3/b15-12+,21-11?. The van der Waals surface area contributed by atoms with E-state index >= 15 is 0 Å². The number of anilines is 1. The lowest BCUT2D eigenvalue weighted by Crippen LogP contribution is -2.21. The van der Waals surface area contributed by atoms with Crippen molar-refractivity contribution < 1.29 is 9.13 Å². The van der Waals surface area contributed by atoms with Gasteiger partial charge in [-0.3, -0.25) is 0 Å². The van der Waals surface area contributed by atoms with Gasteiger partial charge in [0.15, 0.2) is 0 Å². The zero-order valence-electron chi connectivity index (χ0n) is 14.2. The van der Waals surface area contributed by atoms with E-state index in [9.17, 15) is 4.39 Å². The number of ether oxygens (including phenoxy) is 1. The smallest absolute Gasteiger partial charge is 0.128 e. The van der Waals surface area contributed by atoms with Crippen molar-refractivity contribution in [3.05, 3.63) is 65.6 Å². The summed E-state index contributed by atoms with van der Waals surface area (Å²) in [5.41, 5.74) is 8.73. The number of rotatable bonds is 9. The first-order valence-corrected chi connectivity index (χ1v) is 7.97. The van der Waals surface area contributed by atoms with E-state index in [1.807, 2.05) is 24.3 Å². The SMILES string of the molecule is COc1cc(NCCNCc2cccc(F)c2)ccc1/C(C=N)=C/N. The van der Waals surface area contributed by atoms with Gasteiger partial charge in [-0.15, -0.1) is 0 Å². The van der Waals surface area contributed by atoms with Gasteiger partial charge in [0.05, 0.1) is 7.11 Å². The van der Waals surface area contributed by atoms with Crippen LogP contribution in [0.2, 0.25) is 0 Å². The summed E-state index contributed by atoms with van der Waals surface area (Å²) in [6.07, 6.45) is 2.58. The van der Waals surface area contributed by atoms with Crippen LogP contribution >= 0.6 is 0 Å². The lowest BCUT2D eigenvalue weighted by Gasteiger charge is -2.13. The van der Waals surface area contributed by atoms with Crippen molar-refractivity contribution in [2.24, 2.45) is 5.73 Å². The van der Waals surface area contributed by atoms with Crippen LogP contribution in [0, 0.1) is 11.2 Å². The molecule has 2 aromatic rings. The molecule has 0 amide bonds. The molecule has 0 aliphatic carbocycles. The fourth-order valence-electron chi connectivity index (χ4n) is 2.43. The Kier molecular flexibility index (Phi) is 6.98. The van der Waals surface area contributed by atoms with E-state index in [2.05, 4.69) is 10.6 Å². The van der Waals surface area contributed by atoms with Gasteiger partial charge in [0.25, 0.3) is 0 Å². The second kappa shape index (κ2) is 9.44. The van der Waals surface area contributed by atoms with Crippen molar-refractivity contribution in [1.29, 1.82) is 5.41 Å². The highest BCUT2D eigenvalue weighted by Gasteiger charge is 2.07. The third kappa shape index (κ3) is 5.32. The summed E-state index contributed by atoms with van der Waals surface area (Å²) in [6, 6.07) is 12.2. The number of methoxy groups -OCH3 is 1. The quantitative estimate of drug-likeness (QED) is 0.417. The largest absolute Gasteiger partial charge is 0.496 e. The molecule has 6 heteroatoms. The third-order valence-corrected chi connectivity index (χ3v) is 3.70. The Bertz CT molecular complexity index is 746. The highest BCUT2D eigenvalue weighted by molar-refractivity contribution is 6.09. The van der Waals surface area contributed by atoms with Crippen LogP contribution < -0.4 is 21.1 Å². The molecule has 2 aromatic carbocycles. The molecule has 0 unspecified atom stereocenters. The summed E-state index contributed by atoms with van der Waals surface area (Å²) < 4.78 is 18.5. The van der Waals surface area contributed by atoms with Crippen LogP contribution in [-0.4, -0.2) is 26.4 Å². The van der Waals surface area contributed by atoms with E-state index < -0.39 is 0 Å². The van der Waals surface area contributed by atoms with Gasteiger partial charge < -0.3 is 26.5 Å². The molecule has 0 radical (unpaired) electrons. The molecule has 0 spiro atoms. The van der Waals surface area contributed by atoms with Crippen LogP contribution in [0.25, 0.3) is 5.57 Å². The number of allylic oxidation sites excluding steroid dienone is 1. The number of hydrogen-bond acceptors (Lipinski definition) is 5. The van der Waals surface area contributed by atoms with Crippen LogP contribution in [-0.2, 0) is 6.54 Å². The molecule has 0 bridgehead atoms. The molecule has 5 N–H and O–H groups in total. The fraction of sp³-hybridized carbons (Fsp3) is 0.211. The van der Waals surface area contributed by atoms with Gasteiger partial charge in [-0.25, -0.2) is 4.39 Å². The Balaban J connectivity index is 1.85. The first-order valence-electron chi connectivity index (χ1n) is 7.97. The monoisotopic (exact) mass is 342 g/mol. The molecule has 0 aromatic heterocycles. The average Bonchev–Trinajstić information content (AvgIpc) is 2.63. The maximum absolute atomic E-state index is 13.1. The highest BCUT2D eigenvalue weighted by atomic mass is 19.1.